The molecule has 0 atom stereocenters. The van der Waals surface area contributed by atoms with Crippen LogP contribution in [0.2, 0.25) is 5.02 Å². The highest BCUT2D eigenvalue weighted by Gasteiger charge is 2.35. The van der Waals surface area contributed by atoms with Crippen molar-refractivity contribution in [2.75, 3.05) is 4.90 Å². The zero-order valence-corrected chi connectivity index (χ0v) is 22.9. The van der Waals surface area contributed by atoms with Gasteiger partial charge < -0.3 is 9.32 Å². The topological polar surface area (TPSA) is 80.7 Å². The largest absolute Gasteiger partial charge is 0.452 e. The lowest BCUT2D eigenvalue weighted by molar-refractivity contribution is -0.113. The van der Waals surface area contributed by atoms with E-state index in [2.05, 4.69) is 26.0 Å². The van der Waals surface area contributed by atoms with Gasteiger partial charge in [0.1, 0.15) is 10.1 Å². The number of halogens is 2. The number of aromatic nitrogens is 3. The van der Waals surface area contributed by atoms with Crippen LogP contribution in [0.3, 0.4) is 0 Å². The summed E-state index contributed by atoms with van der Waals surface area (Å²) in [7, 11) is 0. The van der Waals surface area contributed by atoms with Crippen LogP contribution in [0.4, 0.5) is 5.69 Å². The molecule has 0 fully saturated rings. The van der Waals surface area contributed by atoms with Crippen LogP contribution in [0.25, 0.3) is 33.1 Å². The molecular weight excluding hydrogens is 588 g/mol. The maximum atomic E-state index is 13.8. The Bertz CT molecular complexity index is 2060. The summed E-state index contributed by atoms with van der Waals surface area (Å²) in [6.07, 6.45) is 0. The molecule has 4 heterocycles. The maximum Gasteiger partial charge on any atom is 0.291 e. The van der Waals surface area contributed by atoms with Crippen molar-refractivity contribution >= 4 is 72.0 Å². The SMILES string of the molecule is Cc1c(-c2nc3s/c(=C4\C(=O)N(Cc5ccccc5Cl)c5ccc(Br)cc54)c(=O)n3n2)oc2ccccc12. The fourth-order valence-corrected chi connectivity index (χ4v) is 6.40. The molecule has 38 heavy (non-hydrogen) atoms. The second kappa shape index (κ2) is 8.62. The van der Waals surface area contributed by atoms with Crippen LogP contribution in [0.5, 0.6) is 0 Å². The molecule has 186 valence electrons. The molecule has 0 unspecified atom stereocenters. The number of hydrogen-bond acceptors (Lipinski definition) is 6. The molecule has 7 rings (SSSR count). The van der Waals surface area contributed by atoms with Gasteiger partial charge in [-0.05, 0) is 42.8 Å². The van der Waals surface area contributed by atoms with Crippen LogP contribution >= 0.6 is 38.9 Å². The van der Waals surface area contributed by atoms with Crippen LogP contribution in [0.1, 0.15) is 16.7 Å². The molecule has 1 aliphatic rings. The molecule has 0 radical (unpaired) electrons. The smallest absolute Gasteiger partial charge is 0.291 e. The van der Waals surface area contributed by atoms with E-state index in [0.29, 0.717) is 42.9 Å². The predicted octanol–water partition coefficient (Wildman–Crippen LogP) is 5.75. The Balaban J connectivity index is 1.39. The molecule has 0 saturated heterocycles. The molecule has 1 amide bonds. The van der Waals surface area contributed by atoms with E-state index in [0.717, 1.165) is 37.9 Å². The molecule has 0 spiro atoms. The van der Waals surface area contributed by atoms with E-state index < -0.39 is 5.56 Å². The van der Waals surface area contributed by atoms with Crippen LogP contribution in [-0.4, -0.2) is 20.5 Å². The molecule has 0 saturated carbocycles. The van der Waals surface area contributed by atoms with Crippen molar-refractivity contribution in [2.45, 2.75) is 13.5 Å². The number of fused-ring (bicyclic) bond motifs is 3. The molecule has 7 nitrogen and oxygen atoms in total. The Morgan fingerprint density at radius 3 is 2.63 bits per heavy atom. The number of thiazole rings is 1. The second-order valence-corrected chi connectivity index (χ2v) is 11.2. The first-order chi connectivity index (χ1) is 18.4. The maximum absolute atomic E-state index is 13.8. The number of carbonyl (C=O) groups is 1. The van der Waals surface area contributed by atoms with Crippen molar-refractivity contribution in [3.05, 3.63) is 108 Å². The van der Waals surface area contributed by atoms with Gasteiger partial charge in [-0.2, -0.15) is 9.50 Å². The van der Waals surface area contributed by atoms with E-state index in [1.807, 2.05) is 67.6 Å². The number of aryl methyl sites for hydroxylation is 1. The van der Waals surface area contributed by atoms with Gasteiger partial charge in [0.15, 0.2) is 5.76 Å². The number of furan rings is 1. The van der Waals surface area contributed by atoms with Gasteiger partial charge in [-0.3, -0.25) is 9.59 Å². The Labute approximate surface area is 232 Å². The second-order valence-electron chi connectivity index (χ2n) is 8.94. The monoisotopic (exact) mass is 602 g/mol. The summed E-state index contributed by atoms with van der Waals surface area (Å²) < 4.78 is 8.33. The number of carbonyl (C=O) groups excluding carboxylic acids is 1. The van der Waals surface area contributed by atoms with Gasteiger partial charge in [0.2, 0.25) is 10.8 Å². The van der Waals surface area contributed by atoms with E-state index in [-0.39, 0.29) is 12.5 Å². The van der Waals surface area contributed by atoms with E-state index >= 15 is 0 Å². The molecule has 3 aromatic heterocycles. The third-order valence-electron chi connectivity index (χ3n) is 6.70. The van der Waals surface area contributed by atoms with E-state index in [1.165, 1.54) is 4.52 Å². The van der Waals surface area contributed by atoms with Crippen LogP contribution in [0, 0.1) is 6.92 Å². The van der Waals surface area contributed by atoms with Crippen molar-refractivity contribution < 1.29 is 9.21 Å². The average molecular weight is 604 g/mol. The highest BCUT2D eigenvalue weighted by atomic mass is 79.9. The minimum Gasteiger partial charge on any atom is -0.452 e. The molecule has 0 bridgehead atoms. The Morgan fingerprint density at radius 2 is 1.84 bits per heavy atom. The summed E-state index contributed by atoms with van der Waals surface area (Å²) in [6.45, 7) is 2.22. The quantitative estimate of drug-likeness (QED) is 0.257. The average Bonchev–Trinajstić information content (AvgIpc) is 3.62. The number of para-hydroxylation sites is 1. The van der Waals surface area contributed by atoms with Gasteiger partial charge >= 0.3 is 0 Å². The Morgan fingerprint density at radius 1 is 1.05 bits per heavy atom. The molecule has 0 aliphatic carbocycles. The fourth-order valence-electron chi connectivity index (χ4n) is 4.85. The lowest BCUT2D eigenvalue weighted by atomic mass is 10.1. The van der Waals surface area contributed by atoms with Crippen molar-refractivity contribution in [3.8, 4) is 11.6 Å². The van der Waals surface area contributed by atoms with Gasteiger partial charge in [-0.25, -0.2) is 0 Å². The third kappa shape index (κ3) is 3.46. The van der Waals surface area contributed by atoms with Crippen LogP contribution in [0.15, 0.2) is 80.4 Å². The minimum atomic E-state index is -0.397. The van der Waals surface area contributed by atoms with Crippen molar-refractivity contribution in [1.29, 1.82) is 0 Å². The summed E-state index contributed by atoms with van der Waals surface area (Å²) >= 11 is 11.0. The standard InChI is InChI=1S/C28H16BrClN4O3S/c1-14-17-7-3-5-9-21(17)37-23(14)25-31-28-34(32-25)27(36)24(38-28)22-18-12-16(29)10-11-20(18)33(26(22)35)13-15-6-2-4-8-19(15)30/h2-12H,13H2,1H3/b24-22-. The number of anilines is 1. The molecule has 3 aromatic carbocycles. The van der Waals surface area contributed by atoms with Crippen molar-refractivity contribution in [3.63, 3.8) is 0 Å². The summed E-state index contributed by atoms with van der Waals surface area (Å²) in [4.78, 5) is 34.0. The summed E-state index contributed by atoms with van der Waals surface area (Å²) in [5, 5.41) is 6.01. The van der Waals surface area contributed by atoms with Gasteiger partial charge in [0.25, 0.3) is 11.5 Å². The summed E-state index contributed by atoms with van der Waals surface area (Å²) in [5.41, 5.74) is 3.77. The molecule has 0 N–H and O–H groups in total. The Hall–Kier alpha value is -3.79. The minimum absolute atomic E-state index is 0.270. The summed E-state index contributed by atoms with van der Waals surface area (Å²) in [6, 6.07) is 20.7. The zero-order chi connectivity index (χ0) is 26.1. The van der Waals surface area contributed by atoms with Gasteiger partial charge in [0.05, 0.1) is 17.8 Å². The molecular formula is C28H16BrClN4O3S. The lowest BCUT2D eigenvalue weighted by Gasteiger charge is -2.18. The number of nitrogens with zero attached hydrogens (tertiary/aromatic N) is 4. The molecule has 6 aromatic rings. The number of hydrogen-bond donors (Lipinski definition) is 0. The fraction of sp³-hybridized carbons (Fsp3) is 0.0714. The van der Waals surface area contributed by atoms with E-state index in [1.54, 1.807) is 11.0 Å². The number of rotatable bonds is 3. The lowest BCUT2D eigenvalue weighted by Crippen LogP contribution is -2.32. The van der Waals surface area contributed by atoms with Crippen LogP contribution < -0.4 is 15.0 Å². The van der Waals surface area contributed by atoms with E-state index in [9.17, 15) is 9.59 Å². The highest BCUT2D eigenvalue weighted by Crippen LogP contribution is 2.39. The van der Waals surface area contributed by atoms with Crippen molar-refractivity contribution in [2.24, 2.45) is 0 Å². The van der Waals surface area contributed by atoms with E-state index in [4.69, 9.17) is 16.0 Å². The molecule has 10 heteroatoms. The van der Waals surface area contributed by atoms with Crippen LogP contribution in [-0.2, 0) is 11.3 Å². The van der Waals surface area contributed by atoms with Gasteiger partial charge in [0, 0.05) is 26.0 Å². The molecule has 1 aliphatic heterocycles. The number of amides is 1. The summed E-state index contributed by atoms with van der Waals surface area (Å²) in [5.74, 6) is 0.584. The van der Waals surface area contributed by atoms with Crippen molar-refractivity contribution in [1.82, 2.24) is 14.6 Å². The predicted molar refractivity (Wildman–Crippen MR) is 152 cm³/mol. The highest BCUT2D eigenvalue weighted by molar-refractivity contribution is 9.10. The first-order valence-corrected chi connectivity index (χ1v) is 13.7. The normalized spacial score (nSPS) is 14.7. The first-order valence-electron chi connectivity index (χ1n) is 11.7. The third-order valence-corrected chi connectivity index (χ3v) is 8.59. The first kappa shape index (κ1) is 23.3. The zero-order valence-electron chi connectivity index (χ0n) is 19.7. The Kier molecular flexibility index (Phi) is 5.30. The van der Waals surface area contributed by atoms with Gasteiger partial charge in [-0.15, -0.1) is 5.10 Å². The number of benzene rings is 3. The van der Waals surface area contributed by atoms with Gasteiger partial charge in [-0.1, -0.05) is 75.3 Å².